The quantitative estimate of drug-likeness (QED) is 0.529. The van der Waals surface area contributed by atoms with Crippen LogP contribution >= 0.6 is 0 Å². The number of amides is 1. The monoisotopic (exact) mass is 497 g/mol. The molecule has 10 heteroatoms. The summed E-state index contributed by atoms with van der Waals surface area (Å²) >= 11 is 0. The minimum atomic E-state index is -2.67. The van der Waals surface area contributed by atoms with Crippen molar-refractivity contribution >= 4 is 28.2 Å². The topological polar surface area (TPSA) is 90.8 Å². The maximum Gasteiger partial charge on any atom is 0.263 e. The fourth-order valence-corrected chi connectivity index (χ4v) is 4.88. The van der Waals surface area contributed by atoms with Crippen molar-refractivity contribution in [1.29, 1.82) is 0 Å². The summed E-state index contributed by atoms with van der Waals surface area (Å²) in [7, 11) is 0. The van der Waals surface area contributed by atoms with Crippen molar-refractivity contribution in [3.63, 3.8) is 0 Å². The molecule has 2 aliphatic rings. The van der Waals surface area contributed by atoms with Crippen LogP contribution in [0.25, 0.3) is 10.9 Å². The molecule has 3 heterocycles. The van der Waals surface area contributed by atoms with Gasteiger partial charge in [0, 0.05) is 55.5 Å². The number of rotatable bonds is 6. The van der Waals surface area contributed by atoms with E-state index >= 15 is 0 Å². The van der Waals surface area contributed by atoms with Crippen LogP contribution in [0, 0.1) is 5.92 Å². The number of hydrogen-bond acceptors (Lipinski definition) is 7. The van der Waals surface area contributed by atoms with Crippen LogP contribution in [0.4, 0.5) is 20.2 Å². The molecule has 2 fully saturated rings. The van der Waals surface area contributed by atoms with Gasteiger partial charge in [-0.05, 0) is 55.3 Å². The number of halogens is 2. The molecule has 36 heavy (non-hydrogen) atoms. The van der Waals surface area contributed by atoms with Gasteiger partial charge in [0.1, 0.15) is 5.75 Å². The normalized spacial score (nSPS) is 19.2. The molecule has 2 saturated heterocycles. The SMILES string of the molecule is C[C@@H](Nc1cnnc2ccc(N3CCN(C(=O)C4CCOC4)CC3)cc12)c1cc(O)cc(C(F)F)c1. The maximum atomic E-state index is 13.2. The number of piperazine rings is 1. The third-order valence-corrected chi connectivity index (χ3v) is 6.94. The van der Waals surface area contributed by atoms with Crippen molar-refractivity contribution < 1.29 is 23.4 Å². The summed E-state index contributed by atoms with van der Waals surface area (Å²) < 4.78 is 31.8. The van der Waals surface area contributed by atoms with Gasteiger partial charge in [-0.3, -0.25) is 4.79 Å². The van der Waals surface area contributed by atoms with Crippen LogP contribution < -0.4 is 10.2 Å². The van der Waals surface area contributed by atoms with Crippen LogP contribution in [-0.4, -0.2) is 65.5 Å². The summed E-state index contributed by atoms with van der Waals surface area (Å²) in [5, 5.41) is 22.4. The molecule has 0 spiro atoms. The van der Waals surface area contributed by atoms with Crippen molar-refractivity contribution in [1.82, 2.24) is 15.1 Å². The van der Waals surface area contributed by atoms with Crippen molar-refractivity contribution in [2.24, 2.45) is 5.92 Å². The van der Waals surface area contributed by atoms with Gasteiger partial charge in [-0.1, -0.05) is 0 Å². The lowest BCUT2D eigenvalue weighted by molar-refractivity contribution is -0.135. The third kappa shape index (κ3) is 5.04. The number of nitrogens with one attached hydrogen (secondary N) is 1. The molecule has 2 N–H and O–H groups in total. The molecule has 1 unspecified atom stereocenters. The molecule has 2 aromatic carbocycles. The van der Waals surface area contributed by atoms with E-state index in [4.69, 9.17) is 4.74 Å². The lowest BCUT2D eigenvalue weighted by Crippen LogP contribution is -2.50. The summed E-state index contributed by atoms with van der Waals surface area (Å²) in [4.78, 5) is 16.9. The number of fused-ring (bicyclic) bond motifs is 1. The maximum absolute atomic E-state index is 13.2. The standard InChI is InChI=1S/C26H29F2N5O3/c1-16(18-10-19(25(27)28)12-21(34)11-18)30-24-14-29-31-23-3-2-20(13-22(23)24)32-5-7-33(8-6-32)26(35)17-4-9-36-15-17/h2-3,10-14,16-17,25,34H,4-9,15H2,1H3,(H,30,31)/t16-,17?/m1/s1. The van der Waals surface area contributed by atoms with Crippen LogP contribution in [0.2, 0.25) is 0 Å². The molecule has 5 rings (SSSR count). The van der Waals surface area contributed by atoms with Crippen molar-refractivity contribution in [2.45, 2.75) is 25.8 Å². The van der Waals surface area contributed by atoms with Gasteiger partial charge in [-0.2, -0.15) is 10.2 Å². The van der Waals surface area contributed by atoms with Gasteiger partial charge in [0.05, 0.1) is 29.9 Å². The predicted octanol–water partition coefficient (Wildman–Crippen LogP) is 4.13. The lowest BCUT2D eigenvalue weighted by Gasteiger charge is -2.37. The molecule has 8 nitrogen and oxygen atoms in total. The fraction of sp³-hybridized carbons (Fsp3) is 0.423. The molecule has 2 atom stereocenters. The van der Waals surface area contributed by atoms with Crippen molar-refractivity contribution in [2.75, 3.05) is 49.6 Å². The van der Waals surface area contributed by atoms with E-state index in [1.165, 1.54) is 12.1 Å². The largest absolute Gasteiger partial charge is 0.508 e. The Balaban J connectivity index is 1.32. The second kappa shape index (κ2) is 10.2. The van der Waals surface area contributed by atoms with Crippen LogP contribution in [0.5, 0.6) is 5.75 Å². The number of phenolic OH excluding ortho intramolecular Hbond substituents is 1. The smallest absolute Gasteiger partial charge is 0.263 e. The van der Waals surface area contributed by atoms with Gasteiger partial charge in [0.2, 0.25) is 5.91 Å². The Morgan fingerprint density at radius 2 is 1.92 bits per heavy atom. The van der Waals surface area contributed by atoms with E-state index in [1.54, 1.807) is 6.20 Å². The highest BCUT2D eigenvalue weighted by Gasteiger charge is 2.30. The first kappa shape index (κ1) is 24.2. The molecule has 1 aromatic heterocycles. The molecule has 0 aliphatic carbocycles. The highest BCUT2D eigenvalue weighted by molar-refractivity contribution is 5.93. The first-order chi connectivity index (χ1) is 17.4. The molecular formula is C26H29F2N5O3. The van der Waals surface area contributed by atoms with Gasteiger partial charge in [0.15, 0.2) is 0 Å². The Hall–Kier alpha value is -3.53. The molecular weight excluding hydrogens is 468 g/mol. The van der Waals surface area contributed by atoms with Crippen molar-refractivity contribution in [3.05, 3.63) is 53.7 Å². The molecule has 1 amide bonds. The highest BCUT2D eigenvalue weighted by Crippen LogP contribution is 2.32. The number of benzene rings is 2. The number of ether oxygens (including phenoxy) is 1. The number of nitrogens with zero attached hydrogens (tertiary/aromatic N) is 4. The van der Waals surface area contributed by atoms with E-state index in [0.717, 1.165) is 36.7 Å². The van der Waals surface area contributed by atoms with E-state index in [-0.39, 0.29) is 29.2 Å². The zero-order valence-electron chi connectivity index (χ0n) is 20.0. The third-order valence-electron chi connectivity index (χ3n) is 6.94. The van der Waals surface area contributed by atoms with Gasteiger partial charge in [-0.25, -0.2) is 8.78 Å². The molecule has 3 aromatic rings. The zero-order valence-corrected chi connectivity index (χ0v) is 20.0. The molecule has 2 aliphatic heterocycles. The number of carbonyl (C=O) groups is 1. The minimum Gasteiger partial charge on any atom is -0.508 e. The molecule has 0 radical (unpaired) electrons. The Morgan fingerprint density at radius 3 is 2.64 bits per heavy atom. The zero-order chi connectivity index (χ0) is 25.2. The Morgan fingerprint density at radius 1 is 1.14 bits per heavy atom. The van der Waals surface area contributed by atoms with E-state index in [2.05, 4.69) is 20.4 Å². The first-order valence-corrected chi connectivity index (χ1v) is 12.1. The number of aromatic nitrogens is 2. The average Bonchev–Trinajstić information content (AvgIpc) is 3.43. The summed E-state index contributed by atoms with van der Waals surface area (Å²) in [5.41, 5.74) is 2.75. The second-order valence-electron chi connectivity index (χ2n) is 9.36. The highest BCUT2D eigenvalue weighted by atomic mass is 19.3. The Labute approximate surface area is 207 Å². The average molecular weight is 498 g/mol. The van der Waals surface area contributed by atoms with Crippen LogP contribution in [-0.2, 0) is 9.53 Å². The van der Waals surface area contributed by atoms with E-state index in [0.29, 0.717) is 43.1 Å². The molecule has 0 bridgehead atoms. The van der Waals surface area contributed by atoms with Crippen LogP contribution in [0.15, 0.2) is 42.6 Å². The van der Waals surface area contributed by atoms with Crippen molar-refractivity contribution in [3.8, 4) is 5.75 Å². The van der Waals surface area contributed by atoms with Gasteiger partial charge >= 0.3 is 0 Å². The summed E-state index contributed by atoms with van der Waals surface area (Å²) in [6, 6.07) is 9.52. The van der Waals surface area contributed by atoms with E-state index in [9.17, 15) is 18.7 Å². The number of alkyl halides is 2. The Kier molecular flexibility index (Phi) is 6.86. The fourth-order valence-electron chi connectivity index (χ4n) is 4.88. The lowest BCUT2D eigenvalue weighted by atomic mass is 10.0. The first-order valence-electron chi connectivity index (χ1n) is 12.1. The predicted molar refractivity (Wildman–Crippen MR) is 132 cm³/mol. The number of phenols is 1. The number of anilines is 2. The van der Waals surface area contributed by atoms with E-state index in [1.807, 2.05) is 30.0 Å². The summed E-state index contributed by atoms with van der Waals surface area (Å²) in [6.45, 7) is 5.79. The molecule has 190 valence electrons. The summed E-state index contributed by atoms with van der Waals surface area (Å²) in [6.07, 6.45) is -0.263. The number of aromatic hydroxyl groups is 1. The van der Waals surface area contributed by atoms with Gasteiger partial charge in [-0.15, -0.1) is 0 Å². The second-order valence-corrected chi connectivity index (χ2v) is 9.36. The number of hydrogen-bond donors (Lipinski definition) is 2. The van der Waals surface area contributed by atoms with Gasteiger partial charge in [0.25, 0.3) is 6.43 Å². The van der Waals surface area contributed by atoms with Crippen LogP contribution in [0.3, 0.4) is 0 Å². The van der Waals surface area contributed by atoms with E-state index < -0.39 is 6.43 Å². The van der Waals surface area contributed by atoms with Gasteiger partial charge < -0.3 is 25.0 Å². The molecule has 0 saturated carbocycles. The minimum absolute atomic E-state index is 0.0188. The summed E-state index contributed by atoms with van der Waals surface area (Å²) in [5.74, 6) is -0.0346. The van der Waals surface area contributed by atoms with Crippen LogP contribution in [0.1, 0.15) is 36.9 Å². The Bertz CT molecular complexity index is 1240. The number of carbonyl (C=O) groups excluding carboxylic acids is 1.